The fourth-order valence-corrected chi connectivity index (χ4v) is 9.82. The summed E-state index contributed by atoms with van der Waals surface area (Å²) in [7, 11) is 0. The highest BCUT2D eigenvalue weighted by Gasteiger charge is 2.22. The molecule has 0 aliphatic carbocycles. The molecule has 3 heterocycles. The van der Waals surface area contributed by atoms with E-state index in [0.29, 0.717) is 11.6 Å². The van der Waals surface area contributed by atoms with Gasteiger partial charge in [-0.25, -0.2) is 15.0 Å². The summed E-state index contributed by atoms with van der Waals surface area (Å²) >= 11 is 1.66. The molecule has 5 heteroatoms. The van der Waals surface area contributed by atoms with Crippen LogP contribution in [0.1, 0.15) is 6.85 Å². The van der Waals surface area contributed by atoms with E-state index in [1.165, 1.54) is 0 Å². The van der Waals surface area contributed by atoms with Crippen molar-refractivity contribution in [2.45, 2.75) is 0 Å². The van der Waals surface area contributed by atoms with E-state index in [1.54, 1.807) is 11.3 Å². The molecule has 0 fully saturated rings. The van der Waals surface area contributed by atoms with Crippen molar-refractivity contribution in [3.05, 3.63) is 194 Å². The Kier molecular flexibility index (Phi) is 6.30. The third-order valence-electron chi connectivity index (χ3n) is 11.1. The van der Waals surface area contributed by atoms with E-state index in [0.717, 1.165) is 91.5 Å². The second-order valence-electron chi connectivity index (χ2n) is 14.4. The minimum atomic E-state index is -0.483. The maximum Gasteiger partial charge on any atom is 0.165 e. The molecule has 58 heavy (non-hydrogen) atoms. The Bertz CT molecular complexity index is 3800. The monoisotopic (exact) mass is 761 g/mol. The highest BCUT2D eigenvalue weighted by Crippen LogP contribution is 2.46. The van der Waals surface area contributed by atoms with Gasteiger partial charge in [0.05, 0.1) is 17.9 Å². The summed E-state index contributed by atoms with van der Waals surface area (Å²) in [5.41, 5.74) is 6.57. The Labute approximate surface area is 345 Å². The van der Waals surface area contributed by atoms with Crippen molar-refractivity contribution in [1.82, 2.24) is 19.5 Å². The van der Waals surface area contributed by atoms with Gasteiger partial charge in [-0.15, -0.1) is 11.3 Å². The fourth-order valence-electron chi connectivity index (χ4n) is 8.60. The Morgan fingerprint density at radius 2 is 1.05 bits per heavy atom. The van der Waals surface area contributed by atoms with Crippen LogP contribution >= 0.6 is 11.3 Å². The lowest BCUT2D eigenvalue weighted by molar-refractivity contribution is 1.08. The zero-order valence-corrected chi connectivity index (χ0v) is 31.6. The van der Waals surface area contributed by atoms with E-state index in [-0.39, 0.29) is 23.5 Å². The Balaban J connectivity index is 1.24. The maximum atomic E-state index is 9.08. The number of rotatable bonds is 5. The molecular formula is C53H32N4S. The lowest BCUT2D eigenvalue weighted by Gasteiger charge is -2.14. The van der Waals surface area contributed by atoms with E-state index in [2.05, 4.69) is 132 Å². The van der Waals surface area contributed by atoms with Crippen molar-refractivity contribution in [2.24, 2.45) is 0 Å². The van der Waals surface area contributed by atoms with E-state index < -0.39 is 18.1 Å². The molecule has 12 aromatic rings. The van der Waals surface area contributed by atoms with Gasteiger partial charge in [0.15, 0.2) is 17.5 Å². The van der Waals surface area contributed by atoms with Crippen molar-refractivity contribution in [3.63, 3.8) is 0 Å². The lowest BCUT2D eigenvalue weighted by Crippen LogP contribution is -2.02. The highest BCUT2D eigenvalue weighted by atomic mass is 32.1. The molecule has 0 bridgehead atoms. The first-order valence-corrected chi connectivity index (χ1v) is 19.9. The van der Waals surface area contributed by atoms with Gasteiger partial charge in [-0.1, -0.05) is 158 Å². The van der Waals surface area contributed by atoms with Crippen LogP contribution in [-0.4, -0.2) is 19.5 Å². The summed E-state index contributed by atoms with van der Waals surface area (Å²) in [5.74, 6) is 0.635. The maximum absolute atomic E-state index is 9.08. The molecule has 4 nitrogen and oxygen atoms in total. The van der Waals surface area contributed by atoms with Gasteiger partial charge in [0.25, 0.3) is 0 Å². The number of hydrogen-bond acceptors (Lipinski definition) is 4. The molecule has 12 rings (SSSR count). The number of para-hydroxylation sites is 2. The molecule has 0 saturated carbocycles. The van der Waals surface area contributed by atoms with Crippen molar-refractivity contribution >= 4 is 74.9 Å². The lowest BCUT2D eigenvalue weighted by atomic mass is 9.96. The van der Waals surface area contributed by atoms with Gasteiger partial charge in [0, 0.05) is 53.3 Å². The SMILES string of the molecule is [2H]c1c([2H])c([2H])c(-c2nc(-c3cc4ccccc4c4ccccc34)nc(-c3cc(-n4c5ccccc5c5ccccc54)cc4c3sc3cccc(-c5ccccc5)c34)n2)c([2H])c1[2H]. The number of fused-ring (bicyclic) bond motifs is 9. The minimum absolute atomic E-state index is 0.00857. The molecule has 0 aliphatic heterocycles. The molecule has 270 valence electrons. The van der Waals surface area contributed by atoms with E-state index in [9.17, 15) is 0 Å². The van der Waals surface area contributed by atoms with Crippen LogP contribution in [-0.2, 0) is 0 Å². The third kappa shape index (κ3) is 5.11. The molecule has 3 aromatic heterocycles. The summed E-state index contributed by atoms with van der Waals surface area (Å²) < 4.78 is 48.2. The van der Waals surface area contributed by atoms with Crippen LogP contribution < -0.4 is 0 Å². The first-order valence-electron chi connectivity index (χ1n) is 21.6. The average Bonchev–Trinajstić information content (AvgIpc) is 3.88. The predicted molar refractivity (Wildman–Crippen MR) is 244 cm³/mol. The van der Waals surface area contributed by atoms with Crippen LogP contribution in [0, 0.1) is 0 Å². The fraction of sp³-hybridized carbons (Fsp3) is 0. The summed E-state index contributed by atoms with van der Waals surface area (Å²) in [6, 6.07) is 54.2. The van der Waals surface area contributed by atoms with E-state index >= 15 is 0 Å². The first-order chi connectivity index (χ1) is 30.8. The zero-order chi connectivity index (χ0) is 42.5. The summed E-state index contributed by atoms with van der Waals surface area (Å²) in [6.45, 7) is 0. The number of nitrogens with zero attached hydrogens (tertiary/aromatic N) is 4. The first kappa shape index (κ1) is 28.0. The van der Waals surface area contributed by atoms with E-state index in [4.69, 9.17) is 21.8 Å². The quantitative estimate of drug-likeness (QED) is 0.164. The summed E-state index contributed by atoms with van der Waals surface area (Å²) in [5, 5.41) is 8.39. The van der Waals surface area contributed by atoms with Crippen molar-refractivity contribution in [2.75, 3.05) is 0 Å². The van der Waals surface area contributed by atoms with Crippen LogP contribution in [0.5, 0.6) is 0 Å². The highest BCUT2D eigenvalue weighted by molar-refractivity contribution is 7.26. The number of benzene rings is 9. The van der Waals surface area contributed by atoms with Gasteiger partial charge in [-0.05, 0) is 69.1 Å². The van der Waals surface area contributed by atoms with Gasteiger partial charge in [-0.3, -0.25) is 0 Å². The molecule has 0 amide bonds. The smallest absolute Gasteiger partial charge is 0.165 e. The molecular weight excluding hydrogens is 725 g/mol. The molecule has 0 saturated heterocycles. The van der Waals surface area contributed by atoms with Crippen molar-refractivity contribution in [3.8, 4) is 51.0 Å². The molecule has 0 N–H and O–H groups in total. The summed E-state index contributed by atoms with van der Waals surface area (Å²) in [6.07, 6.45) is 0. The Morgan fingerprint density at radius 3 is 1.81 bits per heavy atom. The van der Waals surface area contributed by atoms with Crippen LogP contribution in [0.25, 0.3) is 115 Å². The average molecular weight is 762 g/mol. The van der Waals surface area contributed by atoms with E-state index in [1.807, 2.05) is 36.4 Å². The number of hydrogen-bond donors (Lipinski definition) is 0. The van der Waals surface area contributed by atoms with Gasteiger partial charge in [0.1, 0.15) is 0 Å². The van der Waals surface area contributed by atoms with Gasteiger partial charge >= 0.3 is 0 Å². The molecule has 0 unspecified atom stereocenters. The standard InChI is InChI=1S/C53H32N4S/c1-3-16-33(17-4-1)38-26-15-29-48-49(38)44-31-36(57-46-27-13-11-24-41(46)42-25-12-14-28-47(42)57)32-45(50(44)58-48)53-55-51(34-18-5-2-6-19-34)54-52(56-53)43-30-35-20-7-8-21-37(35)39-22-9-10-23-40(39)43/h1-32H/i2D,5D,6D,18D,19D. The number of thiophene rings is 1. The predicted octanol–water partition coefficient (Wildman–Crippen LogP) is 14.3. The second-order valence-corrected chi connectivity index (χ2v) is 15.4. The molecule has 0 atom stereocenters. The minimum Gasteiger partial charge on any atom is -0.309 e. The molecule has 0 spiro atoms. The van der Waals surface area contributed by atoms with Crippen molar-refractivity contribution in [1.29, 1.82) is 0 Å². The molecule has 9 aromatic carbocycles. The molecule has 0 radical (unpaired) electrons. The topological polar surface area (TPSA) is 43.6 Å². The van der Waals surface area contributed by atoms with Gasteiger partial charge in [0.2, 0.25) is 0 Å². The zero-order valence-electron chi connectivity index (χ0n) is 35.8. The normalized spacial score (nSPS) is 13.0. The second kappa shape index (κ2) is 13.1. The largest absolute Gasteiger partial charge is 0.309 e. The Hall–Kier alpha value is -7.47. The van der Waals surface area contributed by atoms with Crippen LogP contribution in [0.15, 0.2) is 194 Å². The van der Waals surface area contributed by atoms with Gasteiger partial charge in [-0.2, -0.15) is 0 Å². The van der Waals surface area contributed by atoms with Crippen LogP contribution in [0.3, 0.4) is 0 Å². The number of aromatic nitrogens is 4. The Morgan fingerprint density at radius 1 is 0.431 bits per heavy atom. The van der Waals surface area contributed by atoms with Gasteiger partial charge < -0.3 is 4.57 Å². The third-order valence-corrected chi connectivity index (χ3v) is 12.3. The van der Waals surface area contributed by atoms with Crippen LogP contribution in [0.4, 0.5) is 0 Å². The molecule has 0 aliphatic rings. The van der Waals surface area contributed by atoms with Crippen molar-refractivity contribution < 1.29 is 6.85 Å². The van der Waals surface area contributed by atoms with Crippen LogP contribution in [0.2, 0.25) is 0 Å². The summed E-state index contributed by atoms with van der Waals surface area (Å²) in [4.78, 5) is 15.5.